The van der Waals surface area contributed by atoms with Gasteiger partial charge in [0.1, 0.15) is 0 Å². The van der Waals surface area contributed by atoms with Crippen LogP contribution in [0.2, 0.25) is 5.02 Å². The molecule has 0 atom stereocenters. The Morgan fingerprint density at radius 2 is 1.71 bits per heavy atom. The van der Waals surface area contributed by atoms with Crippen LogP contribution < -0.4 is 0 Å². The predicted molar refractivity (Wildman–Crippen MR) is 59.7 cm³/mol. The quantitative estimate of drug-likeness (QED) is 0.772. The van der Waals surface area contributed by atoms with E-state index in [-0.39, 0.29) is 17.4 Å². The minimum Gasteiger partial charge on any atom is -0.228 e. The van der Waals surface area contributed by atoms with Gasteiger partial charge in [-0.3, -0.25) is 0 Å². The number of sulfone groups is 1. The molecular formula is C9H10Cl2O2S. The Labute approximate surface area is 93.8 Å². The van der Waals surface area contributed by atoms with Gasteiger partial charge < -0.3 is 0 Å². The Morgan fingerprint density at radius 3 is 2.21 bits per heavy atom. The lowest BCUT2D eigenvalue weighted by Gasteiger charge is -2.02. The molecule has 0 unspecified atom stereocenters. The van der Waals surface area contributed by atoms with Crippen LogP contribution >= 0.6 is 23.2 Å². The van der Waals surface area contributed by atoms with Gasteiger partial charge in [0.25, 0.3) is 0 Å². The zero-order valence-corrected chi connectivity index (χ0v) is 9.74. The Balaban J connectivity index is 2.74. The van der Waals surface area contributed by atoms with E-state index < -0.39 is 9.84 Å². The van der Waals surface area contributed by atoms with Crippen LogP contribution in [0.3, 0.4) is 0 Å². The Bertz CT molecular complexity index is 384. The van der Waals surface area contributed by atoms with E-state index >= 15 is 0 Å². The van der Waals surface area contributed by atoms with Crippen molar-refractivity contribution >= 4 is 33.0 Å². The van der Waals surface area contributed by atoms with E-state index in [1.54, 1.807) is 24.3 Å². The molecule has 0 fully saturated rings. The first-order valence-electron chi connectivity index (χ1n) is 4.04. The predicted octanol–water partition coefficient (Wildman–Crippen LogP) is 2.49. The van der Waals surface area contributed by atoms with Gasteiger partial charge in [-0.1, -0.05) is 23.7 Å². The summed E-state index contributed by atoms with van der Waals surface area (Å²) in [6, 6.07) is 6.75. The van der Waals surface area contributed by atoms with Gasteiger partial charge in [0.15, 0.2) is 9.84 Å². The summed E-state index contributed by atoms with van der Waals surface area (Å²) in [4.78, 5) is 0. The molecule has 14 heavy (non-hydrogen) atoms. The summed E-state index contributed by atoms with van der Waals surface area (Å²) in [5, 5.41) is 0.600. The highest BCUT2D eigenvalue weighted by molar-refractivity contribution is 7.90. The lowest BCUT2D eigenvalue weighted by molar-refractivity contribution is 0.596. The summed E-state index contributed by atoms with van der Waals surface area (Å²) in [6.45, 7) is 0. The molecule has 5 heteroatoms. The fourth-order valence-corrected chi connectivity index (χ4v) is 2.94. The van der Waals surface area contributed by atoms with Crippen molar-refractivity contribution in [2.75, 3.05) is 11.6 Å². The SMILES string of the molecule is O=S(=O)(CCCl)Cc1ccc(Cl)cc1. The first-order valence-corrected chi connectivity index (χ1v) is 6.78. The van der Waals surface area contributed by atoms with Crippen molar-refractivity contribution < 1.29 is 8.42 Å². The maximum Gasteiger partial charge on any atom is 0.155 e. The first-order chi connectivity index (χ1) is 6.53. The average molecular weight is 253 g/mol. The van der Waals surface area contributed by atoms with Gasteiger partial charge in [0.05, 0.1) is 11.5 Å². The molecule has 0 bridgehead atoms. The maximum absolute atomic E-state index is 11.4. The van der Waals surface area contributed by atoms with Gasteiger partial charge in [0, 0.05) is 10.9 Å². The molecule has 0 aliphatic carbocycles. The molecule has 0 amide bonds. The number of alkyl halides is 1. The number of halogens is 2. The highest BCUT2D eigenvalue weighted by Crippen LogP contribution is 2.12. The maximum atomic E-state index is 11.4. The van der Waals surface area contributed by atoms with Crippen molar-refractivity contribution in [2.24, 2.45) is 0 Å². The lowest BCUT2D eigenvalue weighted by Crippen LogP contribution is -2.10. The van der Waals surface area contributed by atoms with Crippen LogP contribution in [0, 0.1) is 0 Å². The van der Waals surface area contributed by atoms with E-state index in [1.165, 1.54) is 0 Å². The highest BCUT2D eigenvalue weighted by atomic mass is 35.5. The van der Waals surface area contributed by atoms with Crippen molar-refractivity contribution in [3.05, 3.63) is 34.9 Å². The molecule has 0 aliphatic rings. The molecule has 0 saturated heterocycles. The molecule has 0 heterocycles. The van der Waals surface area contributed by atoms with Crippen molar-refractivity contribution in [1.29, 1.82) is 0 Å². The van der Waals surface area contributed by atoms with Gasteiger partial charge in [0.2, 0.25) is 0 Å². The van der Waals surface area contributed by atoms with Crippen molar-refractivity contribution in [2.45, 2.75) is 5.75 Å². The molecule has 0 radical (unpaired) electrons. The van der Waals surface area contributed by atoms with Gasteiger partial charge in [-0.05, 0) is 17.7 Å². The molecule has 0 aliphatic heterocycles. The molecule has 0 saturated carbocycles. The molecular weight excluding hydrogens is 243 g/mol. The summed E-state index contributed by atoms with van der Waals surface area (Å²) in [7, 11) is -3.07. The molecule has 78 valence electrons. The molecule has 1 aromatic rings. The zero-order chi connectivity index (χ0) is 10.6. The van der Waals surface area contributed by atoms with Crippen LogP contribution in [0.5, 0.6) is 0 Å². The van der Waals surface area contributed by atoms with Gasteiger partial charge in [-0.15, -0.1) is 11.6 Å². The zero-order valence-electron chi connectivity index (χ0n) is 7.41. The monoisotopic (exact) mass is 252 g/mol. The number of hydrogen-bond donors (Lipinski definition) is 0. The Hall–Kier alpha value is -0.250. The van der Waals surface area contributed by atoms with Crippen molar-refractivity contribution in [1.82, 2.24) is 0 Å². The summed E-state index contributed by atoms with van der Waals surface area (Å²) >= 11 is 11.1. The Kier molecular flexibility index (Phi) is 4.23. The summed E-state index contributed by atoms with van der Waals surface area (Å²) < 4.78 is 22.7. The van der Waals surface area contributed by atoms with E-state index in [9.17, 15) is 8.42 Å². The second-order valence-corrected chi connectivity index (χ2v) is 5.91. The second-order valence-electron chi connectivity index (χ2n) is 2.91. The topological polar surface area (TPSA) is 34.1 Å². The number of rotatable bonds is 4. The van der Waals surface area contributed by atoms with Crippen LogP contribution in [0.4, 0.5) is 0 Å². The average Bonchev–Trinajstić information content (AvgIpc) is 2.08. The van der Waals surface area contributed by atoms with E-state index in [0.29, 0.717) is 5.02 Å². The third kappa shape index (κ3) is 3.86. The van der Waals surface area contributed by atoms with Crippen LogP contribution in [-0.2, 0) is 15.6 Å². The first kappa shape index (κ1) is 11.8. The molecule has 0 aromatic heterocycles. The van der Waals surface area contributed by atoms with Crippen LogP contribution in [0.25, 0.3) is 0 Å². The summed E-state index contributed by atoms with van der Waals surface area (Å²) in [6.07, 6.45) is 0. The lowest BCUT2D eigenvalue weighted by atomic mass is 10.2. The largest absolute Gasteiger partial charge is 0.228 e. The summed E-state index contributed by atoms with van der Waals surface area (Å²) in [5.74, 6) is 0.171. The molecule has 0 spiro atoms. The molecule has 1 rings (SSSR count). The fraction of sp³-hybridized carbons (Fsp3) is 0.333. The van der Waals surface area contributed by atoms with Crippen LogP contribution in [0.1, 0.15) is 5.56 Å². The highest BCUT2D eigenvalue weighted by Gasteiger charge is 2.10. The smallest absolute Gasteiger partial charge is 0.155 e. The minimum absolute atomic E-state index is 0.0111. The third-order valence-electron chi connectivity index (χ3n) is 1.69. The molecule has 2 nitrogen and oxygen atoms in total. The molecule has 0 N–H and O–H groups in total. The van der Waals surface area contributed by atoms with Crippen LogP contribution in [0.15, 0.2) is 24.3 Å². The second kappa shape index (κ2) is 5.01. The number of benzene rings is 1. The van der Waals surface area contributed by atoms with E-state index in [2.05, 4.69) is 0 Å². The van der Waals surface area contributed by atoms with E-state index in [1.807, 2.05) is 0 Å². The normalized spacial score (nSPS) is 11.6. The third-order valence-corrected chi connectivity index (χ3v) is 3.95. The molecule has 1 aromatic carbocycles. The standard InChI is InChI=1S/C9H10Cl2O2S/c10-5-6-14(12,13)7-8-1-3-9(11)4-2-8/h1-4H,5-7H2. The van der Waals surface area contributed by atoms with Gasteiger partial charge in [-0.25, -0.2) is 8.42 Å². The van der Waals surface area contributed by atoms with E-state index in [4.69, 9.17) is 23.2 Å². The van der Waals surface area contributed by atoms with Crippen molar-refractivity contribution in [3.63, 3.8) is 0 Å². The van der Waals surface area contributed by atoms with Gasteiger partial charge >= 0.3 is 0 Å². The fourth-order valence-electron chi connectivity index (χ4n) is 1.02. The number of hydrogen-bond acceptors (Lipinski definition) is 2. The van der Waals surface area contributed by atoms with Crippen LogP contribution in [-0.4, -0.2) is 20.1 Å². The van der Waals surface area contributed by atoms with Crippen molar-refractivity contribution in [3.8, 4) is 0 Å². The minimum atomic E-state index is -3.07. The Morgan fingerprint density at radius 1 is 1.14 bits per heavy atom. The van der Waals surface area contributed by atoms with E-state index in [0.717, 1.165) is 5.56 Å². The van der Waals surface area contributed by atoms with Gasteiger partial charge in [-0.2, -0.15) is 0 Å². The summed E-state index contributed by atoms with van der Waals surface area (Å²) in [5.41, 5.74) is 0.736.